The Morgan fingerprint density at radius 2 is 0.706 bits per heavy atom. The van der Waals surface area contributed by atoms with Gasteiger partial charge in [0.05, 0.1) is 37.0 Å². The molecule has 0 aromatic carbocycles. The molecule has 112 valence electrons. The zero-order chi connectivity index (χ0) is 13.4. The van der Waals surface area contributed by atoms with Gasteiger partial charge in [-0.1, -0.05) is 0 Å². The van der Waals surface area contributed by atoms with Crippen molar-refractivity contribution in [1.29, 1.82) is 0 Å². The summed E-state index contributed by atoms with van der Waals surface area (Å²) in [5, 5.41) is 0. The second-order valence-electron chi connectivity index (χ2n) is 3.62. The van der Waals surface area contributed by atoms with Crippen molar-refractivity contribution in [1.82, 2.24) is 0 Å². The number of rotatable bonds is 6. The van der Waals surface area contributed by atoms with Gasteiger partial charge in [-0.3, -0.25) is 0 Å². The molecule has 0 saturated carbocycles. The van der Waals surface area contributed by atoms with Gasteiger partial charge in [0.25, 0.3) is 0 Å². The van der Waals surface area contributed by atoms with Crippen molar-refractivity contribution in [2.75, 3.05) is 37.0 Å². The Morgan fingerprint density at radius 1 is 0.588 bits per heavy atom. The van der Waals surface area contributed by atoms with Crippen LogP contribution in [-0.2, 0) is 17.2 Å². The maximum Gasteiger partial charge on any atom is -0.358 e. The molecule has 0 aromatic rings. The molecule has 0 rings (SSSR count). The van der Waals surface area contributed by atoms with E-state index in [1.807, 2.05) is 0 Å². The first kappa shape index (κ1) is 27.4. The van der Waals surface area contributed by atoms with Crippen molar-refractivity contribution in [3.63, 3.8) is 0 Å². The first-order chi connectivity index (χ1) is 7.69. The molecule has 0 N–H and O–H groups in total. The molecule has 0 aromatic heterocycles. The van der Waals surface area contributed by atoms with Gasteiger partial charge in [0, 0.05) is 0 Å². The SMILES string of the molecule is CC[PH+](CC)CC.CC[PH+](CC)CC.[Br][Pd+].[CH3-]. The second kappa shape index (κ2) is 26.5. The molecule has 0 aliphatic heterocycles. The maximum absolute atomic E-state index is 2.79. The Morgan fingerprint density at radius 3 is 0.706 bits per heavy atom. The fourth-order valence-corrected chi connectivity index (χ4v) is 4.50. The minimum atomic E-state index is 0. The van der Waals surface area contributed by atoms with E-state index in [0.717, 1.165) is 0 Å². The summed E-state index contributed by atoms with van der Waals surface area (Å²) in [5.74, 6) is 0. The molecule has 0 amide bonds. The molecule has 0 saturated heterocycles. The standard InChI is InChI=1S/2C6H15P.CH3.BrH.Pd/c2*1-4-7(5-2)6-3;;;/h2*4-6H2,1-3H3;1H3;1H;/q;;-1;;+2/p+1. The van der Waals surface area contributed by atoms with Gasteiger partial charge in [-0.25, -0.2) is 0 Å². The van der Waals surface area contributed by atoms with Gasteiger partial charge in [0.15, 0.2) is 0 Å². The van der Waals surface area contributed by atoms with Gasteiger partial charge in [-0.15, -0.1) is 0 Å². The molecule has 0 unspecified atom stereocenters. The molecule has 0 atom stereocenters. The smallest absolute Gasteiger partial charge is 0.358 e. The molecular weight excluding hydrogens is 404 g/mol. The van der Waals surface area contributed by atoms with Crippen LogP contribution in [-0.4, -0.2) is 37.0 Å². The monoisotopic (exact) mass is 438 g/mol. The Labute approximate surface area is 132 Å². The molecule has 0 radical (unpaired) electrons. The molecule has 4 heteroatoms. The first-order valence-corrected chi connectivity index (χ1v) is 14.3. The first-order valence-electron chi connectivity index (χ1n) is 6.48. The van der Waals surface area contributed by atoms with Crippen LogP contribution >= 0.6 is 29.3 Å². The summed E-state index contributed by atoms with van der Waals surface area (Å²) in [4.78, 5) is 0. The summed E-state index contributed by atoms with van der Waals surface area (Å²) in [5.41, 5.74) is 0. The molecule has 0 aliphatic carbocycles. The van der Waals surface area contributed by atoms with Crippen molar-refractivity contribution >= 4 is 29.3 Å². The van der Waals surface area contributed by atoms with Crippen molar-refractivity contribution in [3.05, 3.63) is 7.43 Å². The average Bonchev–Trinajstić information content (AvgIpc) is 2.37. The zero-order valence-electron chi connectivity index (χ0n) is 12.9. The fraction of sp³-hybridized carbons (Fsp3) is 0.923. The Hall–Kier alpha value is 2.00. The van der Waals surface area contributed by atoms with Crippen LogP contribution in [0.25, 0.3) is 0 Å². The predicted octanol–water partition coefficient (Wildman–Crippen LogP) is 5.81. The van der Waals surface area contributed by atoms with E-state index in [2.05, 4.69) is 72.2 Å². The maximum atomic E-state index is 2.79. The van der Waals surface area contributed by atoms with Crippen molar-refractivity contribution < 1.29 is 17.2 Å². The minimum Gasteiger partial charge on any atom is -0.358 e. The number of hydrogen-bond acceptors (Lipinski definition) is 0. The number of hydrogen-bond donors (Lipinski definition) is 0. The Bertz CT molecular complexity index is 74.4. The third-order valence-corrected chi connectivity index (χ3v) is 9.00. The molecule has 0 heterocycles. The van der Waals surface area contributed by atoms with Crippen molar-refractivity contribution in [2.24, 2.45) is 0 Å². The fourth-order valence-electron chi connectivity index (χ4n) is 1.50. The zero-order valence-corrected chi connectivity index (χ0v) is 18.1. The van der Waals surface area contributed by atoms with E-state index in [1.165, 1.54) is 37.0 Å². The Kier molecular flexibility index (Phi) is 42.7. The molecular formula is C13H35BrP2Pd+2. The van der Waals surface area contributed by atoms with E-state index in [-0.39, 0.29) is 23.3 Å². The molecule has 17 heavy (non-hydrogen) atoms. The van der Waals surface area contributed by atoms with Gasteiger partial charge >= 0.3 is 30.6 Å². The quantitative estimate of drug-likeness (QED) is 0.278. The molecule has 0 nitrogen and oxygen atoms in total. The van der Waals surface area contributed by atoms with E-state index >= 15 is 0 Å². The average molecular weight is 440 g/mol. The topological polar surface area (TPSA) is 0 Å². The normalized spacial score (nSPS) is 8.88. The van der Waals surface area contributed by atoms with Gasteiger partial charge in [0.2, 0.25) is 0 Å². The Balaban J connectivity index is -0.0000000823. The van der Waals surface area contributed by atoms with Gasteiger partial charge < -0.3 is 7.43 Å². The molecule has 0 aliphatic rings. The van der Waals surface area contributed by atoms with Crippen LogP contribution in [0.4, 0.5) is 0 Å². The van der Waals surface area contributed by atoms with Crippen molar-refractivity contribution in [2.45, 2.75) is 41.5 Å². The van der Waals surface area contributed by atoms with Gasteiger partial charge in [-0.05, 0) is 57.4 Å². The summed E-state index contributed by atoms with van der Waals surface area (Å²) in [6.45, 7) is 13.8. The van der Waals surface area contributed by atoms with E-state index in [1.54, 1.807) is 0 Å². The predicted molar refractivity (Wildman–Crippen MR) is 95.2 cm³/mol. The summed E-state index contributed by atoms with van der Waals surface area (Å²) in [7, 11) is 0.275. The van der Waals surface area contributed by atoms with Gasteiger partial charge in [-0.2, -0.15) is 0 Å². The van der Waals surface area contributed by atoms with Crippen LogP contribution in [0.1, 0.15) is 41.5 Å². The van der Waals surface area contributed by atoms with Crippen LogP contribution in [0.15, 0.2) is 0 Å². The van der Waals surface area contributed by atoms with Crippen LogP contribution < -0.4 is 0 Å². The minimum absolute atomic E-state index is 0. The van der Waals surface area contributed by atoms with Crippen LogP contribution in [0.2, 0.25) is 0 Å². The van der Waals surface area contributed by atoms with E-state index in [9.17, 15) is 0 Å². The molecule has 0 fully saturated rings. The second-order valence-corrected chi connectivity index (χ2v) is 10.9. The summed E-state index contributed by atoms with van der Waals surface area (Å²) in [6.07, 6.45) is 8.74. The third-order valence-electron chi connectivity index (χ3n) is 3.00. The summed E-state index contributed by atoms with van der Waals surface area (Å²) < 4.78 is 0. The third kappa shape index (κ3) is 23.5. The molecule has 0 spiro atoms. The summed E-state index contributed by atoms with van der Waals surface area (Å²) in [6, 6.07) is 0. The largest absolute Gasteiger partial charge is 0.358 e. The van der Waals surface area contributed by atoms with E-state index in [4.69, 9.17) is 0 Å². The van der Waals surface area contributed by atoms with Crippen LogP contribution in [0.5, 0.6) is 0 Å². The van der Waals surface area contributed by atoms with E-state index < -0.39 is 0 Å². The van der Waals surface area contributed by atoms with E-state index in [0.29, 0.717) is 0 Å². The summed E-state index contributed by atoms with van der Waals surface area (Å²) >= 11 is 5.35. The van der Waals surface area contributed by atoms with Crippen LogP contribution in [0, 0.1) is 7.43 Å². The van der Waals surface area contributed by atoms with Crippen LogP contribution in [0.3, 0.4) is 0 Å². The molecule has 0 bridgehead atoms. The van der Waals surface area contributed by atoms with Crippen molar-refractivity contribution in [3.8, 4) is 0 Å². The number of halogens is 1. The van der Waals surface area contributed by atoms with Gasteiger partial charge in [0.1, 0.15) is 0 Å².